The Labute approximate surface area is 174 Å². The van der Waals surface area contributed by atoms with Crippen molar-refractivity contribution < 1.29 is 19.1 Å². The molecule has 1 saturated heterocycles. The maximum atomic E-state index is 12.7. The molecule has 0 radical (unpaired) electrons. The smallest absolute Gasteiger partial charge is 0.329 e. The Kier molecular flexibility index (Phi) is 6.05. The van der Waals surface area contributed by atoms with Gasteiger partial charge in [-0.3, -0.25) is 14.5 Å². The minimum atomic E-state index is -0.952. The highest BCUT2D eigenvalue weighted by molar-refractivity contribution is 14.1. The first-order valence-electron chi connectivity index (χ1n) is 8.29. The van der Waals surface area contributed by atoms with E-state index in [1.165, 1.54) is 6.92 Å². The predicted molar refractivity (Wildman–Crippen MR) is 112 cm³/mol. The fourth-order valence-corrected chi connectivity index (χ4v) is 3.92. The average Bonchev–Trinajstić information content (AvgIpc) is 3.20. The van der Waals surface area contributed by atoms with Crippen LogP contribution in [0.1, 0.15) is 19.5 Å². The van der Waals surface area contributed by atoms with Crippen LogP contribution in [0, 0.1) is 3.57 Å². The van der Waals surface area contributed by atoms with E-state index in [-0.39, 0.29) is 11.5 Å². The number of thioether (sulfide) groups is 1. The third kappa shape index (κ3) is 4.11. The molecule has 1 aromatic carbocycles. The van der Waals surface area contributed by atoms with E-state index in [0.717, 1.165) is 31.6 Å². The van der Waals surface area contributed by atoms with E-state index < -0.39 is 23.2 Å². The number of hydrogen-bond acceptors (Lipinski definition) is 5. The molecule has 1 aromatic heterocycles. The number of carbonyl (C=O) groups excluding carboxylic acids is 3. The van der Waals surface area contributed by atoms with Gasteiger partial charge in [0.2, 0.25) is 0 Å². The number of carbonyl (C=O) groups is 3. The molecule has 0 saturated carbocycles. The Bertz CT molecular complexity index is 920. The van der Waals surface area contributed by atoms with Gasteiger partial charge in [0.15, 0.2) is 0 Å². The quantitative estimate of drug-likeness (QED) is 0.355. The Morgan fingerprint density at radius 1 is 1.26 bits per heavy atom. The van der Waals surface area contributed by atoms with Gasteiger partial charge in [-0.15, -0.1) is 0 Å². The molecule has 3 rings (SSSR count). The van der Waals surface area contributed by atoms with Crippen LogP contribution < -0.4 is 0 Å². The predicted octanol–water partition coefficient (Wildman–Crippen LogP) is 4.07. The number of amides is 2. The molecular formula is C19H17IN2O4S. The second-order valence-electron chi connectivity index (χ2n) is 5.76. The molecule has 27 heavy (non-hydrogen) atoms. The number of aromatic nitrogens is 1. The lowest BCUT2D eigenvalue weighted by Gasteiger charge is -2.19. The lowest BCUT2D eigenvalue weighted by molar-refractivity contribution is -0.150. The normalized spacial score (nSPS) is 16.9. The minimum Gasteiger partial charge on any atom is -0.464 e. The maximum Gasteiger partial charge on any atom is 0.329 e. The lowest BCUT2D eigenvalue weighted by Crippen LogP contribution is -2.42. The highest BCUT2D eigenvalue weighted by Gasteiger charge is 2.41. The molecule has 2 amide bonds. The van der Waals surface area contributed by atoms with Gasteiger partial charge >= 0.3 is 5.97 Å². The molecule has 2 aromatic rings. The van der Waals surface area contributed by atoms with Crippen molar-refractivity contribution in [2.45, 2.75) is 19.9 Å². The summed E-state index contributed by atoms with van der Waals surface area (Å²) in [5.74, 6) is -1.08. The summed E-state index contributed by atoms with van der Waals surface area (Å²) in [6, 6.07) is 10.7. The van der Waals surface area contributed by atoms with E-state index in [1.807, 2.05) is 47.2 Å². The summed E-state index contributed by atoms with van der Waals surface area (Å²) in [6.07, 6.45) is 3.56. The van der Waals surface area contributed by atoms with Crippen molar-refractivity contribution >= 4 is 57.5 Å². The van der Waals surface area contributed by atoms with E-state index in [4.69, 9.17) is 4.74 Å². The van der Waals surface area contributed by atoms with Gasteiger partial charge in [0.1, 0.15) is 6.04 Å². The topological polar surface area (TPSA) is 68.6 Å². The van der Waals surface area contributed by atoms with Crippen LogP contribution in [0.25, 0.3) is 11.8 Å². The van der Waals surface area contributed by atoms with Gasteiger partial charge in [-0.05, 0) is 90.7 Å². The molecule has 0 unspecified atom stereocenters. The minimum absolute atomic E-state index is 0.193. The fourth-order valence-electron chi connectivity index (χ4n) is 2.66. The summed E-state index contributed by atoms with van der Waals surface area (Å²) in [7, 11) is 0. The third-order valence-electron chi connectivity index (χ3n) is 4.00. The number of rotatable bonds is 5. The third-order valence-corrected chi connectivity index (χ3v) is 5.61. The van der Waals surface area contributed by atoms with Crippen LogP contribution in [0.2, 0.25) is 0 Å². The van der Waals surface area contributed by atoms with Crippen LogP contribution in [-0.2, 0) is 14.3 Å². The molecule has 1 atom stereocenters. The Hall–Kier alpha value is -2.07. The fraction of sp³-hybridized carbons (Fsp3) is 0.211. The van der Waals surface area contributed by atoms with E-state index in [1.54, 1.807) is 13.0 Å². The number of imide groups is 1. The van der Waals surface area contributed by atoms with Crippen LogP contribution in [0.5, 0.6) is 0 Å². The van der Waals surface area contributed by atoms with E-state index in [0.29, 0.717) is 0 Å². The highest BCUT2D eigenvalue weighted by atomic mass is 127. The second-order valence-corrected chi connectivity index (χ2v) is 8.00. The Morgan fingerprint density at radius 3 is 2.63 bits per heavy atom. The van der Waals surface area contributed by atoms with E-state index in [2.05, 4.69) is 22.6 Å². The van der Waals surface area contributed by atoms with Crippen LogP contribution >= 0.6 is 34.4 Å². The van der Waals surface area contributed by atoms with Crippen LogP contribution in [0.4, 0.5) is 4.79 Å². The number of nitrogens with zero attached hydrogens (tertiary/aromatic N) is 2. The molecular weight excluding hydrogens is 479 g/mol. The molecule has 1 aliphatic heterocycles. The van der Waals surface area contributed by atoms with Crippen LogP contribution in [-0.4, -0.2) is 39.2 Å². The Balaban J connectivity index is 1.88. The van der Waals surface area contributed by atoms with Crippen molar-refractivity contribution in [1.82, 2.24) is 9.47 Å². The highest BCUT2D eigenvalue weighted by Crippen LogP contribution is 2.34. The largest absolute Gasteiger partial charge is 0.464 e. The van der Waals surface area contributed by atoms with Crippen molar-refractivity contribution in [1.29, 1.82) is 0 Å². The number of esters is 1. The summed E-state index contributed by atoms with van der Waals surface area (Å²) < 4.78 is 7.98. The molecule has 6 nitrogen and oxygen atoms in total. The number of benzene rings is 1. The van der Waals surface area contributed by atoms with Gasteiger partial charge in [-0.1, -0.05) is 0 Å². The van der Waals surface area contributed by atoms with Crippen LogP contribution in [0.15, 0.2) is 47.5 Å². The molecule has 0 aliphatic carbocycles. The summed E-state index contributed by atoms with van der Waals surface area (Å²) in [5.41, 5.74) is 1.72. The summed E-state index contributed by atoms with van der Waals surface area (Å²) in [4.78, 5) is 38.1. The van der Waals surface area contributed by atoms with Gasteiger partial charge in [0.05, 0.1) is 11.5 Å². The first-order chi connectivity index (χ1) is 12.9. The monoisotopic (exact) mass is 496 g/mol. The molecule has 0 spiro atoms. The molecule has 1 aliphatic rings. The molecule has 0 bridgehead atoms. The molecule has 140 valence electrons. The SMILES string of the molecule is CCOC(=O)[C@@H](C)N1C(=O)S/C(=C/c2cccn2-c2ccc(I)cc2)C1=O. The molecule has 1 fully saturated rings. The maximum absolute atomic E-state index is 12.7. The molecule has 2 heterocycles. The van der Waals surface area contributed by atoms with E-state index in [9.17, 15) is 14.4 Å². The van der Waals surface area contributed by atoms with Gasteiger partial charge in [0, 0.05) is 21.1 Å². The molecule has 8 heteroatoms. The first kappa shape index (κ1) is 19.7. The zero-order valence-electron chi connectivity index (χ0n) is 14.7. The number of hydrogen-bond donors (Lipinski definition) is 0. The second kappa shape index (κ2) is 8.30. The lowest BCUT2D eigenvalue weighted by atomic mass is 10.2. The summed E-state index contributed by atoms with van der Waals surface area (Å²) >= 11 is 3.06. The van der Waals surface area contributed by atoms with Crippen LogP contribution in [0.3, 0.4) is 0 Å². The van der Waals surface area contributed by atoms with Crippen molar-refractivity contribution in [2.75, 3.05) is 6.61 Å². The first-order valence-corrected chi connectivity index (χ1v) is 10.2. The van der Waals surface area contributed by atoms with E-state index >= 15 is 0 Å². The van der Waals surface area contributed by atoms with Crippen molar-refractivity contribution in [3.05, 3.63) is 56.8 Å². The number of ether oxygens (including phenoxy) is 1. The van der Waals surface area contributed by atoms with Gasteiger partial charge in [-0.25, -0.2) is 4.79 Å². The molecule has 0 N–H and O–H groups in total. The average molecular weight is 496 g/mol. The zero-order chi connectivity index (χ0) is 19.6. The summed E-state index contributed by atoms with van der Waals surface area (Å²) in [5, 5.41) is -0.473. The summed E-state index contributed by atoms with van der Waals surface area (Å²) in [6.45, 7) is 3.36. The van der Waals surface area contributed by atoms with Gasteiger partial charge in [0.25, 0.3) is 11.1 Å². The Morgan fingerprint density at radius 2 is 1.96 bits per heavy atom. The van der Waals surface area contributed by atoms with Crippen molar-refractivity contribution in [2.24, 2.45) is 0 Å². The van der Waals surface area contributed by atoms with Crippen molar-refractivity contribution in [3.63, 3.8) is 0 Å². The standard InChI is InChI=1S/C19H17IN2O4S/c1-3-26-18(24)12(2)22-17(23)16(27-19(22)25)11-15-5-4-10-21(15)14-8-6-13(20)7-9-14/h4-12H,3H2,1-2H3/b16-11+/t12-/m1/s1. The van der Waals surface area contributed by atoms with Gasteiger partial charge < -0.3 is 9.30 Å². The zero-order valence-corrected chi connectivity index (χ0v) is 17.7. The number of halogens is 1. The van der Waals surface area contributed by atoms with Crippen molar-refractivity contribution in [3.8, 4) is 5.69 Å². The van der Waals surface area contributed by atoms with Gasteiger partial charge in [-0.2, -0.15) is 0 Å².